The maximum Gasteiger partial charge on any atom is 0.0984 e. The molecule has 70 valence electrons. The predicted octanol–water partition coefficient (Wildman–Crippen LogP) is 3.74. The number of aliphatic hydroxyl groups excluding tert-OH is 1. The Morgan fingerprint density at radius 3 is 2.17 bits per heavy atom. The van der Waals surface area contributed by atoms with Gasteiger partial charge in [-0.25, -0.2) is 0 Å². The molecule has 0 saturated carbocycles. The van der Waals surface area contributed by atoms with E-state index in [0.717, 1.165) is 11.3 Å². The first-order chi connectivity index (χ1) is 5.43. The zero-order chi connectivity index (χ0) is 9.72. The highest BCUT2D eigenvalue weighted by molar-refractivity contribution is 8.03. The van der Waals surface area contributed by atoms with Gasteiger partial charge in [0.05, 0.1) is 11.0 Å². The minimum atomic E-state index is 0.113. The van der Waals surface area contributed by atoms with E-state index in [4.69, 9.17) is 0 Å². The van der Waals surface area contributed by atoms with Crippen LogP contribution >= 0.6 is 11.8 Å². The molecular formula is C10H18OS. The quantitative estimate of drug-likeness (QED) is 0.660. The van der Waals surface area contributed by atoms with Gasteiger partial charge in [-0.3, -0.25) is 0 Å². The third-order valence-corrected chi connectivity index (χ3v) is 2.55. The molecule has 1 nitrogen and oxygen atoms in total. The van der Waals surface area contributed by atoms with Crippen LogP contribution in [0.25, 0.3) is 0 Å². The summed E-state index contributed by atoms with van der Waals surface area (Å²) in [6.45, 7) is 13.6. The Labute approximate surface area is 79.6 Å². The van der Waals surface area contributed by atoms with E-state index in [-0.39, 0.29) is 11.0 Å². The Morgan fingerprint density at radius 2 is 1.92 bits per heavy atom. The predicted molar refractivity (Wildman–Crippen MR) is 57.4 cm³/mol. The van der Waals surface area contributed by atoms with Crippen LogP contribution in [-0.2, 0) is 0 Å². The van der Waals surface area contributed by atoms with Gasteiger partial charge in [-0.15, -0.1) is 11.8 Å². The lowest BCUT2D eigenvalue weighted by Gasteiger charge is -2.16. The van der Waals surface area contributed by atoms with Gasteiger partial charge in [-0.05, 0) is 24.2 Å². The molecule has 0 saturated heterocycles. The van der Waals surface area contributed by atoms with Crippen molar-refractivity contribution in [3.05, 3.63) is 23.8 Å². The Hall–Kier alpha value is -0.370. The number of thioether (sulfide) groups is 1. The van der Waals surface area contributed by atoms with Gasteiger partial charge < -0.3 is 5.11 Å². The van der Waals surface area contributed by atoms with Crippen molar-refractivity contribution in [1.29, 1.82) is 0 Å². The van der Waals surface area contributed by atoms with E-state index in [9.17, 15) is 5.11 Å². The third kappa shape index (κ3) is 5.30. The average molecular weight is 186 g/mol. The summed E-state index contributed by atoms with van der Waals surface area (Å²) in [7, 11) is 0. The standard InChI is InChI=1S/C10H18OS/c1-7(2)6-10(9(5)11)12-8(3)4/h7,10-11H,3,5-6H2,1-2,4H3. The van der Waals surface area contributed by atoms with Crippen LogP contribution in [0.3, 0.4) is 0 Å². The minimum Gasteiger partial charge on any atom is -0.512 e. The van der Waals surface area contributed by atoms with E-state index < -0.39 is 0 Å². The highest BCUT2D eigenvalue weighted by atomic mass is 32.2. The van der Waals surface area contributed by atoms with Gasteiger partial charge in [0.15, 0.2) is 0 Å². The molecule has 1 unspecified atom stereocenters. The van der Waals surface area contributed by atoms with Crippen LogP contribution in [-0.4, -0.2) is 10.4 Å². The summed E-state index contributed by atoms with van der Waals surface area (Å²) in [5, 5.41) is 9.37. The highest BCUT2D eigenvalue weighted by Gasteiger charge is 2.14. The first-order valence-corrected chi connectivity index (χ1v) is 5.01. The zero-order valence-electron chi connectivity index (χ0n) is 8.13. The lowest BCUT2D eigenvalue weighted by atomic mass is 10.1. The average Bonchev–Trinajstić information content (AvgIpc) is 1.83. The van der Waals surface area contributed by atoms with Gasteiger partial charge in [0.2, 0.25) is 0 Å². The lowest BCUT2D eigenvalue weighted by Crippen LogP contribution is -2.08. The molecule has 1 atom stereocenters. The first-order valence-electron chi connectivity index (χ1n) is 4.13. The summed E-state index contributed by atoms with van der Waals surface area (Å²) in [6, 6.07) is 0. The first kappa shape index (κ1) is 11.6. The van der Waals surface area contributed by atoms with E-state index in [0.29, 0.717) is 5.92 Å². The largest absolute Gasteiger partial charge is 0.512 e. The molecule has 0 rings (SSSR count). The Bertz CT molecular complexity index is 173. The van der Waals surface area contributed by atoms with Crippen molar-refractivity contribution in [3.8, 4) is 0 Å². The molecular weight excluding hydrogens is 168 g/mol. The van der Waals surface area contributed by atoms with E-state index in [1.807, 2.05) is 6.92 Å². The number of hydrogen-bond donors (Lipinski definition) is 1. The summed E-state index contributed by atoms with van der Waals surface area (Å²) in [6.07, 6.45) is 0.951. The molecule has 0 spiro atoms. The molecule has 0 fully saturated rings. The molecule has 0 aliphatic carbocycles. The summed E-state index contributed by atoms with van der Waals surface area (Å²) >= 11 is 1.59. The van der Waals surface area contributed by atoms with Crippen LogP contribution in [0.5, 0.6) is 0 Å². The topological polar surface area (TPSA) is 20.2 Å². The molecule has 0 amide bonds. The van der Waals surface area contributed by atoms with Gasteiger partial charge >= 0.3 is 0 Å². The number of aliphatic hydroxyl groups is 1. The van der Waals surface area contributed by atoms with Crippen molar-refractivity contribution < 1.29 is 5.11 Å². The summed E-state index contributed by atoms with van der Waals surface area (Å²) in [4.78, 5) is 1.02. The van der Waals surface area contributed by atoms with Crippen LogP contribution in [0, 0.1) is 5.92 Å². The second-order valence-corrected chi connectivity index (χ2v) is 4.93. The Balaban J connectivity index is 4.04. The molecule has 0 aliphatic rings. The van der Waals surface area contributed by atoms with Gasteiger partial charge in [0.25, 0.3) is 0 Å². The van der Waals surface area contributed by atoms with Gasteiger partial charge in [0.1, 0.15) is 0 Å². The lowest BCUT2D eigenvalue weighted by molar-refractivity contribution is 0.380. The second-order valence-electron chi connectivity index (χ2n) is 3.43. The molecule has 0 bridgehead atoms. The smallest absolute Gasteiger partial charge is 0.0984 e. The fourth-order valence-corrected chi connectivity index (χ4v) is 2.03. The van der Waals surface area contributed by atoms with Crippen molar-refractivity contribution in [2.45, 2.75) is 32.4 Å². The van der Waals surface area contributed by atoms with Crippen molar-refractivity contribution in [1.82, 2.24) is 0 Å². The maximum atomic E-state index is 9.25. The van der Waals surface area contributed by atoms with Crippen molar-refractivity contribution in [3.63, 3.8) is 0 Å². The van der Waals surface area contributed by atoms with Crippen LogP contribution in [0.15, 0.2) is 23.8 Å². The summed E-state index contributed by atoms with van der Waals surface area (Å²) in [5.74, 6) is 0.836. The zero-order valence-corrected chi connectivity index (χ0v) is 8.95. The van der Waals surface area contributed by atoms with Crippen LogP contribution in [0.1, 0.15) is 27.2 Å². The normalized spacial score (nSPS) is 13.0. The van der Waals surface area contributed by atoms with Crippen LogP contribution < -0.4 is 0 Å². The van der Waals surface area contributed by atoms with Crippen molar-refractivity contribution in [2.75, 3.05) is 0 Å². The summed E-state index contributed by atoms with van der Waals surface area (Å²) < 4.78 is 0. The molecule has 0 aromatic carbocycles. The second kappa shape index (κ2) is 5.31. The minimum absolute atomic E-state index is 0.113. The molecule has 0 aromatic heterocycles. The van der Waals surface area contributed by atoms with E-state index in [2.05, 4.69) is 27.0 Å². The molecule has 0 aromatic rings. The molecule has 12 heavy (non-hydrogen) atoms. The number of hydrogen-bond acceptors (Lipinski definition) is 2. The van der Waals surface area contributed by atoms with Crippen LogP contribution in [0.2, 0.25) is 0 Å². The van der Waals surface area contributed by atoms with E-state index >= 15 is 0 Å². The van der Waals surface area contributed by atoms with Crippen molar-refractivity contribution in [2.24, 2.45) is 5.92 Å². The fourth-order valence-electron chi connectivity index (χ4n) is 0.923. The molecule has 0 radical (unpaired) electrons. The highest BCUT2D eigenvalue weighted by Crippen LogP contribution is 2.28. The Kier molecular flexibility index (Phi) is 5.14. The molecule has 0 heterocycles. The monoisotopic (exact) mass is 186 g/mol. The van der Waals surface area contributed by atoms with Gasteiger partial charge in [0, 0.05) is 0 Å². The SMILES string of the molecule is C=C(C)SC(CC(C)C)C(=C)O. The Morgan fingerprint density at radius 1 is 1.42 bits per heavy atom. The van der Waals surface area contributed by atoms with E-state index in [1.54, 1.807) is 11.8 Å². The van der Waals surface area contributed by atoms with Gasteiger partial charge in [-0.2, -0.15) is 0 Å². The molecule has 1 N–H and O–H groups in total. The third-order valence-electron chi connectivity index (χ3n) is 1.40. The number of allylic oxidation sites excluding steroid dienone is 1. The molecule has 2 heteroatoms. The maximum absolute atomic E-state index is 9.25. The molecule has 0 aliphatic heterocycles. The summed E-state index contributed by atoms with van der Waals surface area (Å²) in [5.41, 5.74) is 0. The fraction of sp³-hybridized carbons (Fsp3) is 0.600. The number of rotatable bonds is 5. The van der Waals surface area contributed by atoms with Crippen LogP contribution in [0.4, 0.5) is 0 Å². The van der Waals surface area contributed by atoms with Crippen molar-refractivity contribution >= 4 is 11.8 Å². The van der Waals surface area contributed by atoms with E-state index in [1.165, 1.54) is 0 Å². The van der Waals surface area contributed by atoms with Gasteiger partial charge in [-0.1, -0.05) is 27.0 Å².